The Morgan fingerprint density at radius 2 is 1.80 bits per heavy atom. The lowest BCUT2D eigenvalue weighted by Crippen LogP contribution is -2.47. The standard InChI is InChI=1S/C14H19N3O3/c15-14(20)11-3-1-2-4-12(11)17-9-7-16(8-10-17)6-5-13(18)19/h1-4H,5-10H2,(H2,15,20)(H,18,19). The first-order valence-corrected chi connectivity index (χ1v) is 6.66. The third kappa shape index (κ3) is 3.48. The molecule has 1 aliphatic rings. The van der Waals surface area contributed by atoms with Crippen molar-refractivity contribution in [3.63, 3.8) is 0 Å². The molecule has 1 heterocycles. The highest BCUT2D eigenvalue weighted by atomic mass is 16.4. The van der Waals surface area contributed by atoms with Gasteiger partial charge in [0.1, 0.15) is 0 Å². The molecule has 0 aromatic heterocycles. The molecule has 0 atom stereocenters. The third-order valence-corrected chi connectivity index (χ3v) is 3.52. The maximum Gasteiger partial charge on any atom is 0.304 e. The van der Waals surface area contributed by atoms with E-state index < -0.39 is 11.9 Å². The number of carbonyl (C=O) groups excluding carboxylic acids is 1. The van der Waals surface area contributed by atoms with Crippen LogP contribution >= 0.6 is 0 Å². The zero-order chi connectivity index (χ0) is 14.5. The maximum absolute atomic E-state index is 11.4. The second-order valence-electron chi connectivity index (χ2n) is 4.85. The summed E-state index contributed by atoms with van der Waals surface area (Å²) in [6, 6.07) is 7.31. The summed E-state index contributed by atoms with van der Waals surface area (Å²) in [4.78, 5) is 26.2. The molecule has 1 amide bonds. The molecule has 20 heavy (non-hydrogen) atoms. The third-order valence-electron chi connectivity index (χ3n) is 3.52. The summed E-state index contributed by atoms with van der Waals surface area (Å²) >= 11 is 0. The van der Waals surface area contributed by atoms with Crippen LogP contribution in [0.4, 0.5) is 5.69 Å². The Kier molecular flexibility index (Phi) is 4.57. The molecule has 1 aromatic rings. The number of hydrogen-bond donors (Lipinski definition) is 2. The fourth-order valence-corrected chi connectivity index (χ4v) is 2.42. The van der Waals surface area contributed by atoms with E-state index in [1.54, 1.807) is 12.1 Å². The molecule has 6 heteroatoms. The summed E-state index contributed by atoms with van der Waals surface area (Å²) in [5.74, 6) is -1.19. The van der Waals surface area contributed by atoms with Gasteiger partial charge >= 0.3 is 5.97 Å². The Morgan fingerprint density at radius 1 is 1.15 bits per heavy atom. The van der Waals surface area contributed by atoms with E-state index in [1.807, 2.05) is 12.1 Å². The van der Waals surface area contributed by atoms with Gasteiger partial charge in [-0.25, -0.2) is 0 Å². The van der Waals surface area contributed by atoms with Crippen molar-refractivity contribution in [1.29, 1.82) is 0 Å². The van der Waals surface area contributed by atoms with E-state index in [1.165, 1.54) is 0 Å². The van der Waals surface area contributed by atoms with Gasteiger partial charge in [-0.1, -0.05) is 12.1 Å². The van der Waals surface area contributed by atoms with Crippen molar-refractivity contribution in [3.05, 3.63) is 29.8 Å². The van der Waals surface area contributed by atoms with Crippen LogP contribution in [0.3, 0.4) is 0 Å². The molecule has 1 aliphatic heterocycles. The lowest BCUT2D eigenvalue weighted by Gasteiger charge is -2.36. The maximum atomic E-state index is 11.4. The zero-order valence-electron chi connectivity index (χ0n) is 11.3. The molecule has 1 aromatic carbocycles. The van der Waals surface area contributed by atoms with Crippen molar-refractivity contribution in [2.75, 3.05) is 37.6 Å². The van der Waals surface area contributed by atoms with Crippen molar-refractivity contribution >= 4 is 17.6 Å². The molecule has 2 rings (SSSR count). The van der Waals surface area contributed by atoms with Crippen LogP contribution in [0.2, 0.25) is 0 Å². The monoisotopic (exact) mass is 277 g/mol. The molecule has 1 fully saturated rings. The van der Waals surface area contributed by atoms with Gasteiger partial charge in [-0.15, -0.1) is 0 Å². The first-order valence-electron chi connectivity index (χ1n) is 6.66. The summed E-state index contributed by atoms with van der Waals surface area (Å²) in [5, 5.41) is 8.68. The van der Waals surface area contributed by atoms with Crippen molar-refractivity contribution in [1.82, 2.24) is 4.90 Å². The minimum absolute atomic E-state index is 0.165. The largest absolute Gasteiger partial charge is 0.481 e. The number of para-hydroxylation sites is 1. The minimum atomic E-state index is -0.772. The topological polar surface area (TPSA) is 86.9 Å². The average Bonchev–Trinajstić information content (AvgIpc) is 2.45. The van der Waals surface area contributed by atoms with Crippen molar-refractivity contribution < 1.29 is 14.7 Å². The molecule has 1 saturated heterocycles. The molecule has 6 nitrogen and oxygen atoms in total. The highest BCUT2D eigenvalue weighted by molar-refractivity contribution is 5.98. The minimum Gasteiger partial charge on any atom is -0.481 e. The van der Waals surface area contributed by atoms with E-state index >= 15 is 0 Å². The average molecular weight is 277 g/mol. The number of aliphatic carboxylic acids is 1. The summed E-state index contributed by atoms with van der Waals surface area (Å²) in [7, 11) is 0. The fraction of sp³-hybridized carbons (Fsp3) is 0.429. The molecule has 0 bridgehead atoms. The van der Waals surface area contributed by atoms with Crippen LogP contribution in [0.5, 0.6) is 0 Å². The number of benzene rings is 1. The van der Waals surface area contributed by atoms with Gasteiger partial charge in [0.25, 0.3) is 5.91 Å². The second kappa shape index (κ2) is 6.38. The molecule has 0 saturated carbocycles. The van der Waals surface area contributed by atoms with Crippen molar-refractivity contribution in [2.24, 2.45) is 5.73 Å². The first kappa shape index (κ1) is 14.3. The first-order chi connectivity index (χ1) is 9.58. The quantitative estimate of drug-likeness (QED) is 0.812. The Hall–Kier alpha value is -2.08. The van der Waals surface area contributed by atoms with Gasteiger partial charge in [0, 0.05) is 38.4 Å². The highest BCUT2D eigenvalue weighted by Gasteiger charge is 2.20. The number of rotatable bonds is 5. The van der Waals surface area contributed by atoms with E-state index in [-0.39, 0.29) is 6.42 Å². The summed E-state index contributed by atoms with van der Waals surface area (Å²) < 4.78 is 0. The van der Waals surface area contributed by atoms with Gasteiger partial charge in [0.2, 0.25) is 0 Å². The van der Waals surface area contributed by atoms with Crippen molar-refractivity contribution in [2.45, 2.75) is 6.42 Å². The molecular formula is C14H19N3O3. The second-order valence-corrected chi connectivity index (χ2v) is 4.85. The molecular weight excluding hydrogens is 258 g/mol. The molecule has 108 valence electrons. The Balaban J connectivity index is 1.97. The van der Waals surface area contributed by atoms with E-state index in [0.29, 0.717) is 12.1 Å². The van der Waals surface area contributed by atoms with Crippen LogP contribution < -0.4 is 10.6 Å². The van der Waals surface area contributed by atoms with E-state index in [4.69, 9.17) is 10.8 Å². The lowest BCUT2D eigenvalue weighted by molar-refractivity contribution is -0.137. The predicted octanol–water partition coefficient (Wildman–Crippen LogP) is 0.382. The van der Waals surface area contributed by atoms with Gasteiger partial charge < -0.3 is 15.7 Å². The summed E-state index contributed by atoms with van der Waals surface area (Å²) in [5.41, 5.74) is 6.78. The molecule has 0 unspecified atom stereocenters. The van der Waals surface area contributed by atoms with Crippen LogP contribution in [0.15, 0.2) is 24.3 Å². The van der Waals surface area contributed by atoms with Crippen LogP contribution in [0.25, 0.3) is 0 Å². The van der Waals surface area contributed by atoms with Crippen LogP contribution in [-0.4, -0.2) is 54.6 Å². The number of carboxylic acids is 1. The fourth-order valence-electron chi connectivity index (χ4n) is 2.42. The number of carbonyl (C=O) groups is 2. The molecule has 0 spiro atoms. The number of carboxylic acid groups (broad SMARTS) is 1. The van der Waals surface area contributed by atoms with Crippen molar-refractivity contribution in [3.8, 4) is 0 Å². The molecule has 0 aliphatic carbocycles. The summed E-state index contributed by atoms with van der Waals surface area (Å²) in [6.07, 6.45) is 0.165. The normalized spacial score (nSPS) is 16.1. The van der Waals surface area contributed by atoms with Gasteiger partial charge in [-0.2, -0.15) is 0 Å². The number of anilines is 1. The lowest BCUT2D eigenvalue weighted by atomic mass is 10.1. The van der Waals surface area contributed by atoms with E-state index in [0.717, 1.165) is 31.9 Å². The Bertz CT molecular complexity index is 496. The van der Waals surface area contributed by atoms with Crippen LogP contribution in [0, 0.1) is 0 Å². The van der Waals surface area contributed by atoms with Gasteiger partial charge in [-0.05, 0) is 12.1 Å². The van der Waals surface area contributed by atoms with Crippen LogP contribution in [0.1, 0.15) is 16.8 Å². The molecule has 3 N–H and O–H groups in total. The number of nitrogens with zero attached hydrogens (tertiary/aromatic N) is 2. The number of amides is 1. The van der Waals surface area contributed by atoms with Gasteiger partial charge in [-0.3, -0.25) is 14.5 Å². The Morgan fingerprint density at radius 3 is 2.40 bits per heavy atom. The smallest absolute Gasteiger partial charge is 0.304 e. The number of primary amides is 1. The summed E-state index contributed by atoms with van der Waals surface area (Å²) in [6.45, 7) is 3.69. The number of hydrogen-bond acceptors (Lipinski definition) is 4. The highest BCUT2D eigenvalue weighted by Crippen LogP contribution is 2.21. The van der Waals surface area contributed by atoms with Crippen LogP contribution in [-0.2, 0) is 4.79 Å². The van der Waals surface area contributed by atoms with E-state index in [9.17, 15) is 9.59 Å². The number of piperazine rings is 1. The molecule has 0 radical (unpaired) electrons. The SMILES string of the molecule is NC(=O)c1ccccc1N1CCN(CCC(=O)O)CC1. The Labute approximate surface area is 117 Å². The van der Waals surface area contributed by atoms with Gasteiger partial charge in [0.15, 0.2) is 0 Å². The predicted molar refractivity (Wildman–Crippen MR) is 75.9 cm³/mol. The zero-order valence-corrected chi connectivity index (χ0v) is 11.3. The van der Waals surface area contributed by atoms with E-state index in [2.05, 4.69) is 9.80 Å². The number of nitrogens with two attached hydrogens (primary N) is 1. The van der Waals surface area contributed by atoms with Gasteiger partial charge in [0.05, 0.1) is 12.0 Å².